The quantitative estimate of drug-likeness (QED) is 0.787. The van der Waals surface area contributed by atoms with Crippen LogP contribution in [0.3, 0.4) is 0 Å². The number of methoxy groups -OCH3 is 1. The Morgan fingerprint density at radius 3 is 2.74 bits per heavy atom. The minimum absolute atomic E-state index is 0.240. The molecule has 3 heteroatoms. The second-order valence-electron chi connectivity index (χ2n) is 4.72. The molecule has 0 spiro atoms. The molecule has 1 aliphatic rings. The van der Waals surface area contributed by atoms with Gasteiger partial charge in [-0.05, 0) is 43.0 Å². The molecule has 1 heterocycles. The first-order valence-corrected chi connectivity index (χ1v) is 6.74. The summed E-state index contributed by atoms with van der Waals surface area (Å²) in [4.78, 5) is 11.9. The van der Waals surface area contributed by atoms with Gasteiger partial charge in [-0.15, -0.1) is 0 Å². The molecule has 0 bridgehead atoms. The highest BCUT2D eigenvalue weighted by atomic mass is 16.5. The van der Waals surface area contributed by atoms with Crippen molar-refractivity contribution in [3.05, 3.63) is 41.7 Å². The molecule has 2 rings (SSSR count). The van der Waals surface area contributed by atoms with Crippen LogP contribution in [-0.4, -0.2) is 19.5 Å². The van der Waals surface area contributed by atoms with E-state index in [1.54, 1.807) is 7.11 Å². The summed E-state index contributed by atoms with van der Waals surface area (Å²) in [6.45, 7) is 0.748. The molecule has 1 aliphatic heterocycles. The average Bonchev–Trinajstić information content (AvgIpc) is 2.47. The van der Waals surface area contributed by atoms with Gasteiger partial charge in [0, 0.05) is 6.42 Å². The number of benzene rings is 1. The summed E-state index contributed by atoms with van der Waals surface area (Å²) in [6, 6.07) is 7.85. The van der Waals surface area contributed by atoms with Gasteiger partial charge < -0.3 is 9.47 Å². The molecule has 1 aromatic rings. The Kier molecular flexibility index (Phi) is 5.01. The molecule has 0 radical (unpaired) electrons. The second-order valence-corrected chi connectivity index (χ2v) is 4.72. The highest BCUT2D eigenvalue weighted by Crippen LogP contribution is 2.16. The first kappa shape index (κ1) is 13.7. The van der Waals surface area contributed by atoms with Crippen LogP contribution in [0.1, 0.15) is 31.2 Å². The Morgan fingerprint density at radius 1 is 1.32 bits per heavy atom. The molecule has 0 fully saturated rings. The van der Waals surface area contributed by atoms with Crippen LogP contribution in [0.15, 0.2) is 36.1 Å². The maximum atomic E-state index is 11.9. The van der Waals surface area contributed by atoms with E-state index >= 15 is 0 Å². The van der Waals surface area contributed by atoms with E-state index in [9.17, 15) is 4.79 Å². The summed E-state index contributed by atoms with van der Waals surface area (Å²) in [5.74, 6) is 1.94. The number of allylic oxidation sites excluding steroid dienone is 2. The molecule has 0 unspecified atom stereocenters. The minimum atomic E-state index is 0.240. The van der Waals surface area contributed by atoms with Crippen LogP contribution in [0.5, 0.6) is 5.75 Å². The maximum absolute atomic E-state index is 11.9. The maximum Gasteiger partial charge on any atom is 0.140 e. The third kappa shape index (κ3) is 4.43. The van der Waals surface area contributed by atoms with E-state index in [2.05, 4.69) is 0 Å². The van der Waals surface area contributed by atoms with Crippen molar-refractivity contribution in [1.29, 1.82) is 0 Å². The number of rotatable bonds is 6. The molecular formula is C16H20O3. The monoisotopic (exact) mass is 260 g/mol. The smallest absolute Gasteiger partial charge is 0.140 e. The Morgan fingerprint density at radius 2 is 2.11 bits per heavy atom. The molecule has 19 heavy (non-hydrogen) atoms. The second kappa shape index (κ2) is 6.98. The Hall–Kier alpha value is -1.77. The van der Waals surface area contributed by atoms with E-state index in [-0.39, 0.29) is 5.78 Å². The van der Waals surface area contributed by atoms with Crippen molar-refractivity contribution in [2.24, 2.45) is 0 Å². The zero-order valence-corrected chi connectivity index (χ0v) is 11.4. The predicted octanol–water partition coefficient (Wildman–Crippen LogP) is 3.28. The van der Waals surface area contributed by atoms with E-state index in [1.807, 2.05) is 30.3 Å². The van der Waals surface area contributed by atoms with E-state index in [1.165, 1.54) is 0 Å². The number of carbonyl (C=O) groups excluding carboxylic acids is 1. The molecule has 0 atom stereocenters. The lowest BCUT2D eigenvalue weighted by Gasteiger charge is -2.14. The first-order valence-electron chi connectivity index (χ1n) is 6.74. The summed E-state index contributed by atoms with van der Waals surface area (Å²) >= 11 is 0. The van der Waals surface area contributed by atoms with Gasteiger partial charge in [0.1, 0.15) is 11.5 Å². The van der Waals surface area contributed by atoms with Crippen LogP contribution < -0.4 is 4.74 Å². The van der Waals surface area contributed by atoms with Crippen molar-refractivity contribution in [3.63, 3.8) is 0 Å². The summed E-state index contributed by atoms with van der Waals surface area (Å²) < 4.78 is 10.6. The fraction of sp³-hybridized carbons (Fsp3) is 0.438. The largest absolute Gasteiger partial charge is 0.498 e. The van der Waals surface area contributed by atoms with Crippen LogP contribution in [-0.2, 0) is 16.0 Å². The summed E-state index contributed by atoms with van der Waals surface area (Å²) in [5, 5.41) is 0. The highest BCUT2D eigenvalue weighted by molar-refractivity contribution is 5.80. The zero-order chi connectivity index (χ0) is 13.5. The third-order valence-electron chi connectivity index (χ3n) is 3.23. The lowest BCUT2D eigenvalue weighted by atomic mass is 10.0. The predicted molar refractivity (Wildman–Crippen MR) is 74.2 cm³/mol. The van der Waals surface area contributed by atoms with Crippen molar-refractivity contribution < 1.29 is 14.3 Å². The van der Waals surface area contributed by atoms with Crippen LogP contribution in [0.4, 0.5) is 0 Å². The summed E-state index contributed by atoms with van der Waals surface area (Å²) in [7, 11) is 1.65. The molecule has 0 aromatic heterocycles. The number of hydrogen-bond acceptors (Lipinski definition) is 3. The first-order chi connectivity index (χ1) is 9.28. The third-order valence-corrected chi connectivity index (χ3v) is 3.23. The fourth-order valence-electron chi connectivity index (χ4n) is 2.09. The van der Waals surface area contributed by atoms with Gasteiger partial charge in [0.05, 0.1) is 25.9 Å². The molecule has 0 saturated carbocycles. The molecule has 0 aliphatic carbocycles. The summed E-state index contributed by atoms with van der Waals surface area (Å²) in [5.41, 5.74) is 1.16. The number of carbonyl (C=O) groups is 1. The number of Topliss-reactive ketones (excluding diaryl/α,β-unsaturated/α-hetero) is 1. The van der Waals surface area contributed by atoms with Gasteiger partial charge in [0.15, 0.2) is 0 Å². The Balaban J connectivity index is 1.77. The van der Waals surface area contributed by atoms with Crippen molar-refractivity contribution in [2.75, 3.05) is 13.7 Å². The number of hydrogen-bond donors (Lipinski definition) is 0. The van der Waals surface area contributed by atoms with E-state index in [0.29, 0.717) is 12.8 Å². The molecule has 1 aromatic carbocycles. The zero-order valence-electron chi connectivity index (χ0n) is 11.4. The van der Waals surface area contributed by atoms with E-state index in [0.717, 1.165) is 42.9 Å². The van der Waals surface area contributed by atoms with E-state index < -0.39 is 0 Å². The molecular weight excluding hydrogens is 240 g/mol. The molecule has 0 N–H and O–H groups in total. The van der Waals surface area contributed by atoms with Crippen LogP contribution >= 0.6 is 0 Å². The highest BCUT2D eigenvalue weighted by Gasteiger charge is 2.10. The molecule has 3 nitrogen and oxygen atoms in total. The minimum Gasteiger partial charge on any atom is -0.498 e. The number of ketones is 1. The van der Waals surface area contributed by atoms with Gasteiger partial charge in [-0.2, -0.15) is 0 Å². The molecule has 0 saturated heterocycles. The normalized spacial score (nSPS) is 14.5. The van der Waals surface area contributed by atoms with Crippen LogP contribution in [0, 0.1) is 0 Å². The lowest BCUT2D eigenvalue weighted by Crippen LogP contribution is -2.07. The Labute approximate surface area is 114 Å². The lowest BCUT2D eigenvalue weighted by molar-refractivity contribution is -0.119. The van der Waals surface area contributed by atoms with Gasteiger partial charge in [-0.3, -0.25) is 4.79 Å². The van der Waals surface area contributed by atoms with Crippen molar-refractivity contribution in [2.45, 2.75) is 32.1 Å². The van der Waals surface area contributed by atoms with Gasteiger partial charge >= 0.3 is 0 Å². The van der Waals surface area contributed by atoms with Crippen LogP contribution in [0.25, 0.3) is 0 Å². The van der Waals surface area contributed by atoms with Gasteiger partial charge in [0.25, 0.3) is 0 Å². The average molecular weight is 260 g/mol. The van der Waals surface area contributed by atoms with Crippen LogP contribution in [0.2, 0.25) is 0 Å². The van der Waals surface area contributed by atoms with Gasteiger partial charge in [0.2, 0.25) is 0 Å². The SMILES string of the molecule is COc1ccc(CCC(=O)CC2=CCCCO2)cc1. The topological polar surface area (TPSA) is 35.5 Å². The molecule has 0 amide bonds. The molecule has 102 valence electrons. The van der Waals surface area contributed by atoms with Gasteiger partial charge in [-0.1, -0.05) is 12.1 Å². The fourth-order valence-corrected chi connectivity index (χ4v) is 2.09. The Bertz CT molecular complexity index is 446. The number of aryl methyl sites for hydroxylation is 1. The van der Waals surface area contributed by atoms with Crippen molar-refractivity contribution in [1.82, 2.24) is 0 Å². The van der Waals surface area contributed by atoms with Gasteiger partial charge in [-0.25, -0.2) is 0 Å². The van der Waals surface area contributed by atoms with Crippen molar-refractivity contribution >= 4 is 5.78 Å². The summed E-state index contributed by atoms with van der Waals surface area (Å²) in [6.07, 6.45) is 5.90. The number of ether oxygens (including phenoxy) is 2. The van der Waals surface area contributed by atoms with Crippen molar-refractivity contribution in [3.8, 4) is 5.75 Å². The standard InChI is InChI=1S/C16H20O3/c1-18-15-9-6-13(7-10-15)5-8-14(17)12-16-4-2-3-11-19-16/h4,6-7,9-10H,2-3,5,8,11-12H2,1H3. The van der Waals surface area contributed by atoms with E-state index in [4.69, 9.17) is 9.47 Å².